The van der Waals surface area contributed by atoms with Crippen molar-refractivity contribution in [2.24, 2.45) is 0 Å². The summed E-state index contributed by atoms with van der Waals surface area (Å²) < 4.78 is 0. The first-order valence-electron chi connectivity index (χ1n) is 23.1. The van der Waals surface area contributed by atoms with Crippen LogP contribution in [0, 0.1) is 0 Å². The number of rotatable bonds is 6. The van der Waals surface area contributed by atoms with Crippen LogP contribution in [0.3, 0.4) is 0 Å². The lowest BCUT2D eigenvalue weighted by Gasteiger charge is -2.45. The minimum atomic E-state index is -0.502. The molecule has 2 aliphatic carbocycles. The summed E-state index contributed by atoms with van der Waals surface area (Å²) in [6.45, 7) is 4.70. The monoisotopic (exact) mass is 842 g/mol. The summed E-state index contributed by atoms with van der Waals surface area (Å²) in [7, 11) is 0. The smallest absolute Gasteiger partial charge is 0.0754 e. The quantitative estimate of drug-likeness (QED) is 0.165. The van der Waals surface area contributed by atoms with Crippen LogP contribution < -0.4 is 9.80 Å². The molecule has 10 aromatic carbocycles. The van der Waals surface area contributed by atoms with Gasteiger partial charge in [-0.2, -0.15) is 0 Å². The molecule has 0 radical (unpaired) electrons. The van der Waals surface area contributed by atoms with Crippen LogP contribution in [0.25, 0.3) is 44.5 Å². The Balaban J connectivity index is 0.904. The zero-order valence-corrected chi connectivity index (χ0v) is 37.0. The molecule has 10 aromatic rings. The van der Waals surface area contributed by atoms with Crippen molar-refractivity contribution >= 4 is 34.1 Å². The molecule has 0 saturated carbocycles. The van der Waals surface area contributed by atoms with Crippen molar-refractivity contribution in [2.75, 3.05) is 9.80 Å². The van der Waals surface area contributed by atoms with E-state index in [1.807, 2.05) is 0 Å². The first kappa shape index (κ1) is 38.3. The molecule has 0 bridgehead atoms. The highest BCUT2D eigenvalue weighted by molar-refractivity contribution is 6.00. The first-order chi connectivity index (χ1) is 32.5. The standard InChI is InChI=1S/C64H46N2/c1-63(2)54-25-11-9-22-51(54)52-41-36-45(42-59(52)63)43-32-37-48(38-33-43)65(46-18-5-3-6-19-46)49-39-34-44(35-40-49)50-24-17-29-58-62(50)53-23-10-12-26-55(53)64(58)56-27-13-15-30-60(56)66(47-20-7-4-8-21-47)61-31-16-14-28-57(61)64/h3-42H,1-2H3. The summed E-state index contributed by atoms with van der Waals surface area (Å²) in [5.74, 6) is 0. The van der Waals surface area contributed by atoms with E-state index in [9.17, 15) is 0 Å². The van der Waals surface area contributed by atoms with Gasteiger partial charge in [0.05, 0.1) is 16.8 Å². The molecule has 1 spiro atoms. The molecular formula is C64H46N2. The Morgan fingerprint density at radius 2 is 0.788 bits per heavy atom. The van der Waals surface area contributed by atoms with E-state index in [1.54, 1.807) is 0 Å². The summed E-state index contributed by atoms with van der Waals surface area (Å²) in [5, 5.41) is 0. The van der Waals surface area contributed by atoms with Crippen LogP contribution in [0.15, 0.2) is 243 Å². The number of benzene rings is 10. The maximum absolute atomic E-state index is 2.44. The van der Waals surface area contributed by atoms with Crippen molar-refractivity contribution in [2.45, 2.75) is 24.7 Å². The summed E-state index contributed by atoms with van der Waals surface area (Å²) in [6, 6.07) is 89.8. The van der Waals surface area contributed by atoms with E-state index in [0.29, 0.717) is 0 Å². The van der Waals surface area contributed by atoms with Gasteiger partial charge in [-0.3, -0.25) is 0 Å². The fourth-order valence-electron chi connectivity index (χ4n) is 11.8. The van der Waals surface area contributed by atoms with Crippen LogP contribution in [-0.2, 0) is 10.8 Å². The predicted molar refractivity (Wildman–Crippen MR) is 275 cm³/mol. The Labute approximate surface area is 387 Å². The van der Waals surface area contributed by atoms with Crippen molar-refractivity contribution in [1.82, 2.24) is 0 Å². The number of para-hydroxylation sites is 4. The van der Waals surface area contributed by atoms with Gasteiger partial charge in [-0.1, -0.05) is 190 Å². The number of hydrogen-bond donors (Lipinski definition) is 0. The second-order valence-corrected chi connectivity index (χ2v) is 18.4. The summed E-state index contributed by atoms with van der Waals surface area (Å²) in [5.41, 5.74) is 24.5. The molecule has 3 aliphatic rings. The summed E-state index contributed by atoms with van der Waals surface area (Å²) in [4.78, 5) is 4.81. The largest absolute Gasteiger partial charge is 0.311 e. The van der Waals surface area contributed by atoms with Gasteiger partial charge in [0.2, 0.25) is 0 Å². The molecule has 2 heteroatoms. The van der Waals surface area contributed by atoms with Crippen molar-refractivity contribution in [1.29, 1.82) is 0 Å². The van der Waals surface area contributed by atoms with Crippen LogP contribution in [0.4, 0.5) is 34.1 Å². The van der Waals surface area contributed by atoms with Crippen molar-refractivity contribution in [3.8, 4) is 44.5 Å². The molecule has 0 atom stereocenters. The molecule has 66 heavy (non-hydrogen) atoms. The maximum Gasteiger partial charge on any atom is 0.0754 e. The van der Waals surface area contributed by atoms with Crippen LogP contribution in [0.2, 0.25) is 0 Å². The molecule has 13 rings (SSSR count). The molecular weight excluding hydrogens is 797 g/mol. The number of anilines is 6. The number of nitrogens with zero attached hydrogens (tertiary/aromatic N) is 2. The van der Waals surface area contributed by atoms with Gasteiger partial charge >= 0.3 is 0 Å². The Morgan fingerprint density at radius 1 is 0.318 bits per heavy atom. The minimum Gasteiger partial charge on any atom is -0.311 e. The Kier molecular flexibility index (Phi) is 8.51. The van der Waals surface area contributed by atoms with E-state index in [-0.39, 0.29) is 5.41 Å². The second kappa shape index (κ2) is 14.7. The lowest BCUT2D eigenvalue weighted by atomic mass is 9.64. The topological polar surface area (TPSA) is 6.48 Å². The molecule has 0 unspecified atom stereocenters. The third kappa shape index (κ3) is 5.48. The van der Waals surface area contributed by atoms with Gasteiger partial charge in [-0.25, -0.2) is 0 Å². The SMILES string of the molecule is CC1(C)c2ccccc2-c2ccc(-c3ccc(N(c4ccccc4)c4ccc(-c5cccc6c5-c5ccccc5C65c6ccccc6N(c6ccccc6)c6ccccc65)cc4)cc3)cc21. The van der Waals surface area contributed by atoms with Gasteiger partial charge in [0, 0.05) is 28.2 Å². The normalized spacial score (nSPS) is 14.1. The van der Waals surface area contributed by atoms with E-state index in [2.05, 4.69) is 266 Å². The Bertz CT molecular complexity index is 3450. The van der Waals surface area contributed by atoms with Crippen molar-refractivity contribution in [3.05, 3.63) is 276 Å². The highest BCUT2D eigenvalue weighted by Crippen LogP contribution is 2.64. The molecule has 1 aliphatic heterocycles. The second-order valence-electron chi connectivity index (χ2n) is 18.4. The van der Waals surface area contributed by atoms with Crippen molar-refractivity contribution < 1.29 is 0 Å². The van der Waals surface area contributed by atoms with Crippen LogP contribution in [0.1, 0.15) is 47.2 Å². The first-order valence-corrected chi connectivity index (χ1v) is 23.1. The average molecular weight is 843 g/mol. The molecule has 0 fully saturated rings. The molecule has 0 amide bonds. The number of fused-ring (bicyclic) bond motifs is 12. The lowest BCUT2D eigenvalue weighted by Crippen LogP contribution is -2.36. The third-order valence-corrected chi connectivity index (χ3v) is 14.7. The van der Waals surface area contributed by atoms with Crippen LogP contribution in [-0.4, -0.2) is 0 Å². The molecule has 0 aromatic heterocycles. The number of hydrogen-bond acceptors (Lipinski definition) is 2. The van der Waals surface area contributed by atoms with E-state index in [1.165, 1.54) is 89.3 Å². The van der Waals surface area contributed by atoms with Gasteiger partial charge in [-0.05, 0) is 145 Å². The highest BCUT2D eigenvalue weighted by Gasteiger charge is 2.52. The molecule has 0 saturated heterocycles. The zero-order chi connectivity index (χ0) is 44.0. The van der Waals surface area contributed by atoms with E-state index in [0.717, 1.165) is 22.7 Å². The minimum absolute atomic E-state index is 0.0417. The van der Waals surface area contributed by atoms with Gasteiger partial charge in [0.1, 0.15) is 0 Å². The Hall–Kier alpha value is -8.20. The van der Waals surface area contributed by atoms with Crippen LogP contribution >= 0.6 is 0 Å². The summed E-state index contributed by atoms with van der Waals surface area (Å²) >= 11 is 0. The van der Waals surface area contributed by atoms with E-state index < -0.39 is 5.41 Å². The van der Waals surface area contributed by atoms with Gasteiger partial charge < -0.3 is 9.80 Å². The Morgan fingerprint density at radius 3 is 1.45 bits per heavy atom. The zero-order valence-electron chi connectivity index (χ0n) is 37.0. The molecule has 2 nitrogen and oxygen atoms in total. The average Bonchev–Trinajstić information content (AvgIpc) is 3.80. The highest BCUT2D eigenvalue weighted by atomic mass is 15.2. The predicted octanol–water partition coefficient (Wildman–Crippen LogP) is 16.9. The van der Waals surface area contributed by atoms with Gasteiger partial charge in [0.15, 0.2) is 0 Å². The van der Waals surface area contributed by atoms with Crippen LogP contribution in [0.5, 0.6) is 0 Å². The van der Waals surface area contributed by atoms with Crippen molar-refractivity contribution in [3.63, 3.8) is 0 Å². The van der Waals surface area contributed by atoms with Gasteiger partial charge in [-0.15, -0.1) is 0 Å². The molecule has 312 valence electrons. The maximum atomic E-state index is 2.44. The molecule has 0 N–H and O–H groups in total. The fourth-order valence-corrected chi connectivity index (χ4v) is 11.8. The lowest BCUT2D eigenvalue weighted by molar-refractivity contribution is 0.660. The van der Waals surface area contributed by atoms with E-state index in [4.69, 9.17) is 0 Å². The van der Waals surface area contributed by atoms with E-state index >= 15 is 0 Å². The van der Waals surface area contributed by atoms with Gasteiger partial charge in [0.25, 0.3) is 0 Å². The fraction of sp³-hybridized carbons (Fsp3) is 0.0625. The summed E-state index contributed by atoms with van der Waals surface area (Å²) in [6.07, 6.45) is 0. The molecule has 1 heterocycles. The third-order valence-electron chi connectivity index (χ3n) is 14.7.